The second kappa shape index (κ2) is 6.88. The van der Waals surface area contributed by atoms with Gasteiger partial charge in [-0.1, -0.05) is 13.0 Å². The smallest absolute Gasteiger partial charge is 0.271 e. The molecule has 5 nitrogen and oxygen atoms in total. The van der Waals surface area contributed by atoms with E-state index in [9.17, 15) is 8.42 Å². The molecule has 0 saturated carbocycles. The number of nitrogens with zero attached hydrogens (tertiary/aromatic N) is 2. The van der Waals surface area contributed by atoms with Gasteiger partial charge in [0.25, 0.3) is 10.0 Å². The first-order valence-corrected chi connectivity index (χ1v) is 10.3. The number of thiophene rings is 1. The predicted molar refractivity (Wildman–Crippen MR) is 94.6 cm³/mol. The van der Waals surface area contributed by atoms with Crippen molar-refractivity contribution in [2.75, 3.05) is 16.2 Å². The fourth-order valence-corrected chi connectivity index (χ4v) is 5.00. The van der Waals surface area contributed by atoms with Crippen LogP contribution in [0.2, 0.25) is 0 Å². The van der Waals surface area contributed by atoms with Crippen molar-refractivity contribution in [1.29, 1.82) is 0 Å². The summed E-state index contributed by atoms with van der Waals surface area (Å²) in [5, 5.41) is 1.75. The van der Waals surface area contributed by atoms with Gasteiger partial charge in [-0.2, -0.15) is 0 Å². The maximum atomic E-state index is 12.2. The molecule has 3 rings (SSSR count). The molecule has 0 amide bonds. The van der Waals surface area contributed by atoms with E-state index in [1.54, 1.807) is 29.8 Å². The highest BCUT2D eigenvalue weighted by Gasteiger charge is 2.22. The Labute approximate surface area is 141 Å². The van der Waals surface area contributed by atoms with Crippen molar-refractivity contribution in [3.63, 3.8) is 0 Å². The first kappa shape index (κ1) is 16.3. The maximum absolute atomic E-state index is 12.2. The second-order valence-electron chi connectivity index (χ2n) is 5.69. The molecule has 7 heteroatoms. The Balaban J connectivity index is 1.74. The monoisotopic (exact) mass is 351 g/mol. The van der Waals surface area contributed by atoms with Crippen LogP contribution in [0.1, 0.15) is 32.6 Å². The zero-order valence-corrected chi connectivity index (χ0v) is 14.7. The topological polar surface area (TPSA) is 62.3 Å². The molecular formula is C16H21N3O2S2. The van der Waals surface area contributed by atoms with Gasteiger partial charge in [-0.25, -0.2) is 13.4 Å². The minimum atomic E-state index is -3.51. The van der Waals surface area contributed by atoms with Gasteiger partial charge >= 0.3 is 0 Å². The van der Waals surface area contributed by atoms with Crippen LogP contribution >= 0.6 is 11.3 Å². The molecule has 23 heavy (non-hydrogen) atoms. The third kappa shape index (κ3) is 3.67. The van der Waals surface area contributed by atoms with Crippen LogP contribution in [-0.2, 0) is 10.0 Å². The molecule has 0 spiro atoms. The van der Waals surface area contributed by atoms with E-state index in [1.807, 2.05) is 6.07 Å². The number of rotatable bonds is 5. The van der Waals surface area contributed by atoms with E-state index < -0.39 is 10.0 Å². The molecule has 2 aromatic heterocycles. The van der Waals surface area contributed by atoms with E-state index in [4.69, 9.17) is 0 Å². The SMILES string of the molecule is CCC1CCCCN1c1ccc(NS(=O)(=O)c2cccs2)cn1. The van der Waals surface area contributed by atoms with Gasteiger partial charge in [-0.05, 0) is 49.3 Å². The molecule has 0 bridgehead atoms. The summed E-state index contributed by atoms with van der Waals surface area (Å²) in [6.45, 7) is 3.22. The largest absolute Gasteiger partial charge is 0.354 e. The molecule has 0 aliphatic carbocycles. The first-order valence-electron chi connectivity index (χ1n) is 7.89. The summed E-state index contributed by atoms with van der Waals surface area (Å²) < 4.78 is 27.3. The van der Waals surface area contributed by atoms with E-state index in [0.717, 1.165) is 18.8 Å². The Hall–Kier alpha value is -1.60. The van der Waals surface area contributed by atoms with Crippen LogP contribution in [0.25, 0.3) is 0 Å². The van der Waals surface area contributed by atoms with E-state index in [1.165, 1.54) is 30.6 Å². The number of aromatic nitrogens is 1. The zero-order chi connectivity index (χ0) is 16.3. The lowest BCUT2D eigenvalue weighted by Gasteiger charge is -2.36. The van der Waals surface area contributed by atoms with Crippen LogP contribution < -0.4 is 9.62 Å². The van der Waals surface area contributed by atoms with E-state index >= 15 is 0 Å². The molecule has 0 radical (unpaired) electrons. The van der Waals surface area contributed by atoms with Gasteiger partial charge in [0.05, 0.1) is 11.9 Å². The van der Waals surface area contributed by atoms with Crippen LogP contribution in [0.5, 0.6) is 0 Å². The Bertz CT molecular complexity index is 727. The average Bonchev–Trinajstić information content (AvgIpc) is 3.11. The minimum Gasteiger partial charge on any atom is -0.354 e. The zero-order valence-electron chi connectivity index (χ0n) is 13.1. The summed E-state index contributed by atoms with van der Waals surface area (Å²) in [7, 11) is -3.51. The van der Waals surface area contributed by atoms with Crippen LogP contribution in [0.15, 0.2) is 40.1 Å². The summed E-state index contributed by atoms with van der Waals surface area (Å²) in [5.74, 6) is 0.927. The summed E-state index contributed by atoms with van der Waals surface area (Å²) >= 11 is 1.20. The highest BCUT2D eigenvalue weighted by atomic mass is 32.2. The number of piperidine rings is 1. The van der Waals surface area contributed by atoms with Crippen molar-refractivity contribution in [1.82, 2.24) is 4.98 Å². The van der Waals surface area contributed by atoms with Crippen LogP contribution in [0.4, 0.5) is 11.5 Å². The predicted octanol–water partition coefficient (Wildman–Crippen LogP) is 3.71. The van der Waals surface area contributed by atoms with Gasteiger partial charge in [-0.15, -0.1) is 11.3 Å². The number of hydrogen-bond donors (Lipinski definition) is 1. The molecule has 1 N–H and O–H groups in total. The normalized spacial score (nSPS) is 18.8. The average molecular weight is 351 g/mol. The van der Waals surface area contributed by atoms with Gasteiger partial charge in [0, 0.05) is 12.6 Å². The summed E-state index contributed by atoms with van der Waals surface area (Å²) in [4.78, 5) is 6.80. The van der Waals surface area contributed by atoms with Crippen molar-refractivity contribution in [3.05, 3.63) is 35.8 Å². The molecule has 1 saturated heterocycles. The molecule has 3 heterocycles. The fourth-order valence-electron chi connectivity index (χ4n) is 2.96. The third-order valence-corrected chi connectivity index (χ3v) is 6.93. The molecule has 0 aromatic carbocycles. The van der Waals surface area contributed by atoms with Gasteiger partial charge in [0.2, 0.25) is 0 Å². The number of pyridine rings is 1. The van der Waals surface area contributed by atoms with E-state index in [0.29, 0.717) is 15.9 Å². The molecular weight excluding hydrogens is 330 g/mol. The van der Waals surface area contributed by atoms with Crippen LogP contribution in [-0.4, -0.2) is 26.0 Å². The Morgan fingerprint density at radius 3 is 2.87 bits per heavy atom. The van der Waals surface area contributed by atoms with Crippen molar-refractivity contribution < 1.29 is 8.42 Å². The lowest BCUT2D eigenvalue weighted by atomic mass is 10.00. The van der Waals surface area contributed by atoms with Gasteiger partial charge < -0.3 is 4.90 Å². The highest BCUT2D eigenvalue weighted by Crippen LogP contribution is 2.26. The third-order valence-electron chi connectivity index (χ3n) is 4.15. The van der Waals surface area contributed by atoms with Crippen molar-refractivity contribution in [2.45, 2.75) is 42.9 Å². The standard InChI is InChI=1S/C16H21N3O2S2/c1-2-14-6-3-4-10-19(14)15-9-8-13(12-17-15)18-23(20,21)16-7-5-11-22-16/h5,7-9,11-12,14,18H,2-4,6,10H2,1H3. The van der Waals surface area contributed by atoms with Crippen LogP contribution in [0.3, 0.4) is 0 Å². The number of hydrogen-bond acceptors (Lipinski definition) is 5. The molecule has 124 valence electrons. The Morgan fingerprint density at radius 1 is 1.35 bits per heavy atom. The maximum Gasteiger partial charge on any atom is 0.271 e. The van der Waals surface area contributed by atoms with Crippen LogP contribution in [0, 0.1) is 0 Å². The number of sulfonamides is 1. The number of nitrogens with one attached hydrogen (secondary N) is 1. The van der Waals surface area contributed by atoms with E-state index in [2.05, 4.69) is 21.5 Å². The molecule has 2 aromatic rings. The summed E-state index contributed by atoms with van der Waals surface area (Å²) in [6, 6.07) is 7.54. The van der Waals surface area contributed by atoms with Crippen molar-refractivity contribution in [2.24, 2.45) is 0 Å². The second-order valence-corrected chi connectivity index (χ2v) is 8.55. The molecule has 1 fully saturated rings. The van der Waals surface area contributed by atoms with E-state index in [-0.39, 0.29) is 0 Å². The van der Waals surface area contributed by atoms with Crippen molar-refractivity contribution in [3.8, 4) is 0 Å². The fraction of sp³-hybridized carbons (Fsp3) is 0.438. The summed E-state index contributed by atoms with van der Waals surface area (Å²) in [6.07, 6.45) is 6.36. The summed E-state index contributed by atoms with van der Waals surface area (Å²) in [5.41, 5.74) is 0.493. The number of anilines is 2. The highest BCUT2D eigenvalue weighted by molar-refractivity contribution is 7.94. The minimum absolute atomic E-state index is 0.309. The quantitative estimate of drug-likeness (QED) is 0.892. The Morgan fingerprint density at radius 2 is 2.22 bits per heavy atom. The van der Waals surface area contributed by atoms with Gasteiger partial charge in [-0.3, -0.25) is 4.72 Å². The van der Waals surface area contributed by atoms with Gasteiger partial charge in [0.15, 0.2) is 0 Å². The first-order chi connectivity index (χ1) is 11.1. The molecule has 1 unspecified atom stereocenters. The Kier molecular flexibility index (Phi) is 4.87. The molecule has 1 aliphatic rings. The van der Waals surface area contributed by atoms with Gasteiger partial charge in [0.1, 0.15) is 10.0 Å². The van der Waals surface area contributed by atoms with Crippen molar-refractivity contribution >= 4 is 32.9 Å². The molecule has 1 aliphatic heterocycles. The lowest BCUT2D eigenvalue weighted by molar-refractivity contribution is 0.447. The lowest BCUT2D eigenvalue weighted by Crippen LogP contribution is -2.39. The molecule has 1 atom stereocenters.